The summed E-state index contributed by atoms with van der Waals surface area (Å²) in [5, 5.41) is 0. The Kier molecular flexibility index (Phi) is 3.39. The van der Waals surface area contributed by atoms with Crippen molar-refractivity contribution in [2.75, 3.05) is 5.73 Å². The predicted molar refractivity (Wildman–Crippen MR) is 54.8 cm³/mol. The van der Waals surface area contributed by atoms with Crippen LogP contribution in [-0.2, 0) is 0 Å². The Hall–Kier alpha value is -1.24. The van der Waals surface area contributed by atoms with Gasteiger partial charge in [0, 0.05) is 5.69 Å². The van der Waals surface area contributed by atoms with Crippen molar-refractivity contribution in [3.05, 3.63) is 35.9 Å². The summed E-state index contributed by atoms with van der Waals surface area (Å²) in [4.78, 5) is 0. The van der Waals surface area contributed by atoms with Crippen LogP contribution in [0.5, 0.6) is 0 Å². The van der Waals surface area contributed by atoms with Crippen LogP contribution in [-0.4, -0.2) is 0 Å². The van der Waals surface area contributed by atoms with Gasteiger partial charge in [-0.2, -0.15) is 0 Å². The van der Waals surface area contributed by atoms with Gasteiger partial charge in [-0.05, 0) is 24.1 Å². The van der Waals surface area contributed by atoms with Crippen molar-refractivity contribution in [3.63, 3.8) is 0 Å². The van der Waals surface area contributed by atoms with E-state index in [1.165, 1.54) is 12.0 Å². The van der Waals surface area contributed by atoms with Crippen molar-refractivity contribution >= 4 is 11.8 Å². The second-order valence-corrected chi connectivity index (χ2v) is 2.86. The van der Waals surface area contributed by atoms with Crippen molar-refractivity contribution in [3.8, 4) is 0 Å². The van der Waals surface area contributed by atoms with Crippen molar-refractivity contribution < 1.29 is 0 Å². The van der Waals surface area contributed by atoms with Crippen LogP contribution in [0.15, 0.2) is 30.3 Å². The van der Waals surface area contributed by atoms with E-state index in [1.54, 1.807) is 0 Å². The molecule has 0 amide bonds. The molecule has 1 rings (SSSR count). The van der Waals surface area contributed by atoms with E-state index in [2.05, 4.69) is 25.1 Å². The first kappa shape index (κ1) is 8.85. The average Bonchev–Trinajstić information content (AvgIpc) is 2.05. The molecule has 0 spiro atoms. The fourth-order valence-electron chi connectivity index (χ4n) is 1.05. The fourth-order valence-corrected chi connectivity index (χ4v) is 1.05. The van der Waals surface area contributed by atoms with E-state index in [0.29, 0.717) is 0 Å². The lowest BCUT2D eigenvalue weighted by atomic mass is 10.2. The number of nitrogen functional groups attached to an aromatic ring is 1. The molecule has 0 bridgehead atoms. The largest absolute Gasteiger partial charge is 0.399 e. The molecule has 12 heavy (non-hydrogen) atoms. The van der Waals surface area contributed by atoms with Gasteiger partial charge in [-0.1, -0.05) is 37.6 Å². The van der Waals surface area contributed by atoms with E-state index in [1.807, 2.05) is 18.2 Å². The van der Waals surface area contributed by atoms with Gasteiger partial charge in [0.15, 0.2) is 0 Å². The number of anilines is 1. The maximum absolute atomic E-state index is 5.63. The molecule has 0 unspecified atom stereocenters. The zero-order chi connectivity index (χ0) is 8.81. The second kappa shape index (κ2) is 4.60. The van der Waals surface area contributed by atoms with Gasteiger partial charge >= 0.3 is 0 Å². The molecule has 0 saturated heterocycles. The van der Waals surface area contributed by atoms with Gasteiger partial charge in [-0.15, -0.1) is 0 Å². The molecule has 1 heteroatoms. The summed E-state index contributed by atoms with van der Waals surface area (Å²) in [7, 11) is 0. The molecule has 0 fully saturated rings. The van der Waals surface area contributed by atoms with Gasteiger partial charge < -0.3 is 5.73 Å². The first-order chi connectivity index (χ1) is 5.83. The third-order valence-corrected chi connectivity index (χ3v) is 1.68. The Balaban J connectivity index is 2.63. The Morgan fingerprint density at radius 3 is 2.92 bits per heavy atom. The Labute approximate surface area is 73.9 Å². The molecule has 1 aromatic rings. The first-order valence-electron chi connectivity index (χ1n) is 4.35. The molecule has 0 aliphatic carbocycles. The lowest BCUT2D eigenvalue weighted by Crippen LogP contribution is -1.83. The van der Waals surface area contributed by atoms with Gasteiger partial charge in [0.05, 0.1) is 0 Å². The highest BCUT2D eigenvalue weighted by molar-refractivity contribution is 5.55. The van der Waals surface area contributed by atoms with Crippen molar-refractivity contribution in [2.45, 2.75) is 19.8 Å². The summed E-state index contributed by atoms with van der Waals surface area (Å²) >= 11 is 0. The minimum atomic E-state index is 0.827. The molecule has 0 atom stereocenters. The molecule has 0 radical (unpaired) electrons. The van der Waals surface area contributed by atoms with E-state index in [9.17, 15) is 0 Å². The number of nitrogens with two attached hydrogens (primary N) is 1. The smallest absolute Gasteiger partial charge is 0.0319 e. The van der Waals surface area contributed by atoms with E-state index in [-0.39, 0.29) is 0 Å². The maximum atomic E-state index is 5.63. The zero-order valence-corrected chi connectivity index (χ0v) is 7.46. The lowest BCUT2D eigenvalue weighted by molar-refractivity contribution is 0.962. The predicted octanol–water partition coefficient (Wildman–Crippen LogP) is 3.08. The highest BCUT2D eigenvalue weighted by Gasteiger charge is 1.86. The summed E-state index contributed by atoms with van der Waals surface area (Å²) in [5.74, 6) is 0. The lowest BCUT2D eigenvalue weighted by Gasteiger charge is -1.94. The number of hydrogen-bond donors (Lipinski definition) is 1. The Bertz CT molecular complexity index is 263. The molecule has 0 saturated carbocycles. The van der Waals surface area contributed by atoms with E-state index in [0.717, 1.165) is 12.1 Å². The van der Waals surface area contributed by atoms with Crippen LogP contribution in [0.2, 0.25) is 0 Å². The molecule has 0 heterocycles. The average molecular weight is 161 g/mol. The highest BCUT2D eigenvalue weighted by Crippen LogP contribution is 2.08. The third kappa shape index (κ3) is 2.79. The topological polar surface area (TPSA) is 26.0 Å². The van der Waals surface area contributed by atoms with Crippen molar-refractivity contribution in [2.24, 2.45) is 0 Å². The minimum absolute atomic E-state index is 0.827. The van der Waals surface area contributed by atoms with Gasteiger partial charge in [-0.25, -0.2) is 0 Å². The van der Waals surface area contributed by atoms with Gasteiger partial charge in [0.2, 0.25) is 0 Å². The first-order valence-corrected chi connectivity index (χ1v) is 4.35. The third-order valence-electron chi connectivity index (χ3n) is 1.68. The summed E-state index contributed by atoms with van der Waals surface area (Å²) in [6.07, 6.45) is 6.61. The van der Waals surface area contributed by atoms with E-state index >= 15 is 0 Å². The standard InChI is InChI=1S/C11H15N/c1-2-3-4-6-10-7-5-8-11(12)9-10/h4-9H,2-3,12H2,1H3. The molecular weight excluding hydrogens is 146 g/mol. The van der Waals surface area contributed by atoms with Crippen molar-refractivity contribution in [1.29, 1.82) is 0 Å². The van der Waals surface area contributed by atoms with Crippen LogP contribution < -0.4 is 5.73 Å². The summed E-state index contributed by atoms with van der Waals surface area (Å²) < 4.78 is 0. The molecule has 0 aromatic heterocycles. The number of hydrogen-bond acceptors (Lipinski definition) is 1. The molecule has 0 aliphatic rings. The number of benzene rings is 1. The monoisotopic (exact) mass is 161 g/mol. The molecule has 1 nitrogen and oxygen atoms in total. The Morgan fingerprint density at radius 1 is 1.42 bits per heavy atom. The number of rotatable bonds is 3. The highest BCUT2D eigenvalue weighted by atomic mass is 14.5. The molecule has 2 N–H and O–H groups in total. The van der Waals surface area contributed by atoms with E-state index < -0.39 is 0 Å². The van der Waals surface area contributed by atoms with E-state index in [4.69, 9.17) is 5.73 Å². The van der Waals surface area contributed by atoms with Crippen LogP contribution in [0, 0.1) is 0 Å². The molecular formula is C11H15N. The van der Waals surface area contributed by atoms with Crippen LogP contribution in [0.4, 0.5) is 5.69 Å². The van der Waals surface area contributed by atoms with Crippen LogP contribution in [0.25, 0.3) is 6.08 Å². The van der Waals surface area contributed by atoms with Gasteiger partial charge in [-0.3, -0.25) is 0 Å². The van der Waals surface area contributed by atoms with Crippen LogP contribution >= 0.6 is 0 Å². The summed E-state index contributed by atoms with van der Waals surface area (Å²) in [5.41, 5.74) is 7.64. The normalized spacial score (nSPS) is 10.8. The van der Waals surface area contributed by atoms with Crippen LogP contribution in [0.1, 0.15) is 25.3 Å². The molecule has 1 aromatic carbocycles. The molecule has 64 valence electrons. The zero-order valence-electron chi connectivity index (χ0n) is 7.46. The fraction of sp³-hybridized carbons (Fsp3) is 0.273. The van der Waals surface area contributed by atoms with Crippen LogP contribution in [0.3, 0.4) is 0 Å². The number of unbranched alkanes of at least 4 members (excludes halogenated alkanes) is 1. The molecule has 0 aliphatic heterocycles. The Morgan fingerprint density at radius 2 is 2.25 bits per heavy atom. The SMILES string of the molecule is CCCC=Cc1cccc(N)c1. The maximum Gasteiger partial charge on any atom is 0.0319 e. The number of allylic oxidation sites excluding steroid dienone is 1. The minimum Gasteiger partial charge on any atom is -0.399 e. The van der Waals surface area contributed by atoms with Crippen molar-refractivity contribution in [1.82, 2.24) is 0 Å². The quantitative estimate of drug-likeness (QED) is 0.677. The van der Waals surface area contributed by atoms with Gasteiger partial charge in [0.25, 0.3) is 0 Å². The summed E-state index contributed by atoms with van der Waals surface area (Å²) in [6.45, 7) is 2.17. The van der Waals surface area contributed by atoms with Gasteiger partial charge in [0.1, 0.15) is 0 Å². The second-order valence-electron chi connectivity index (χ2n) is 2.86. The summed E-state index contributed by atoms with van der Waals surface area (Å²) in [6, 6.07) is 7.91.